The third kappa shape index (κ3) is 3.26. The van der Waals surface area contributed by atoms with Gasteiger partial charge in [-0.05, 0) is 41.1 Å². The summed E-state index contributed by atoms with van der Waals surface area (Å²) in [5.41, 5.74) is 0.0719. The van der Waals surface area contributed by atoms with E-state index in [0.29, 0.717) is 14.5 Å². The first-order chi connectivity index (χ1) is 9.40. The van der Waals surface area contributed by atoms with E-state index in [0.717, 1.165) is 0 Å². The summed E-state index contributed by atoms with van der Waals surface area (Å²) >= 11 is 15.3. The predicted molar refractivity (Wildman–Crippen MR) is 81.3 cm³/mol. The van der Waals surface area contributed by atoms with Crippen LogP contribution in [0.2, 0.25) is 10.0 Å². The summed E-state index contributed by atoms with van der Waals surface area (Å²) in [7, 11) is 0. The van der Waals surface area contributed by atoms with Gasteiger partial charge < -0.3 is 9.84 Å². The molecule has 0 saturated heterocycles. The van der Waals surface area contributed by atoms with Crippen molar-refractivity contribution < 1.29 is 14.2 Å². The Morgan fingerprint density at radius 2 is 1.90 bits per heavy atom. The predicted octanol–water partition coefficient (Wildman–Crippen LogP) is 5.74. The second kappa shape index (κ2) is 6.31. The SMILES string of the molecule is C[C@@H](O)c1c(F)cccc1Oc1cc(Cl)c(Br)cc1Cl. The average molecular weight is 380 g/mol. The van der Waals surface area contributed by atoms with Crippen LogP contribution in [0.4, 0.5) is 4.39 Å². The number of aliphatic hydroxyl groups is 1. The summed E-state index contributed by atoms with van der Waals surface area (Å²) < 4.78 is 20.0. The van der Waals surface area contributed by atoms with E-state index in [1.807, 2.05) is 0 Å². The molecular weight excluding hydrogens is 370 g/mol. The smallest absolute Gasteiger partial charge is 0.147 e. The van der Waals surface area contributed by atoms with E-state index in [1.165, 1.54) is 25.1 Å². The highest BCUT2D eigenvalue weighted by molar-refractivity contribution is 9.10. The third-order valence-corrected chi connectivity index (χ3v) is 4.12. The van der Waals surface area contributed by atoms with Crippen LogP contribution >= 0.6 is 39.1 Å². The maximum atomic E-state index is 13.7. The molecule has 0 amide bonds. The van der Waals surface area contributed by atoms with Gasteiger partial charge in [0, 0.05) is 10.5 Å². The van der Waals surface area contributed by atoms with Crippen LogP contribution in [0, 0.1) is 5.82 Å². The molecule has 1 atom stereocenters. The van der Waals surface area contributed by atoms with Crippen LogP contribution in [0.25, 0.3) is 0 Å². The number of rotatable bonds is 3. The fourth-order valence-electron chi connectivity index (χ4n) is 1.71. The Hall–Kier alpha value is -0.810. The van der Waals surface area contributed by atoms with Crippen molar-refractivity contribution in [3.63, 3.8) is 0 Å². The van der Waals surface area contributed by atoms with Crippen LogP contribution in [-0.4, -0.2) is 5.11 Å². The highest BCUT2D eigenvalue weighted by Crippen LogP contribution is 2.38. The van der Waals surface area contributed by atoms with E-state index in [4.69, 9.17) is 27.9 Å². The lowest BCUT2D eigenvalue weighted by Crippen LogP contribution is -2.00. The number of ether oxygens (including phenoxy) is 1. The van der Waals surface area contributed by atoms with Crippen LogP contribution in [0.3, 0.4) is 0 Å². The van der Waals surface area contributed by atoms with Crippen LogP contribution in [-0.2, 0) is 0 Å². The van der Waals surface area contributed by atoms with Crippen molar-refractivity contribution in [1.82, 2.24) is 0 Å². The molecule has 0 aromatic heterocycles. The number of halogens is 4. The van der Waals surface area contributed by atoms with Crippen LogP contribution < -0.4 is 4.74 Å². The Morgan fingerprint density at radius 1 is 1.20 bits per heavy atom. The van der Waals surface area contributed by atoms with Crippen molar-refractivity contribution in [2.75, 3.05) is 0 Å². The number of aliphatic hydroxyl groups excluding tert-OH is 1. The molecule has 0 heterocycles. The fourth-order valence-corrected chi connectivity index (χ4v) is 2.54. The molecule has 106 valence electrons. The molecule has 0 aliphatic rings. The van der Waals surface area contributed by atoms with Gasteiger partial charge in [0.15, 0.2) is 0 Å². The molecule has 6 heteroatoms. The monoisotopic (exact) mass is 378 g/mol. The van der Waals surface area contributed by atoms with E-state index >= 15 is 0 Å². The second-order valence-corrected chi connectivity index (χ2v) is 5.80. The van der Waals surface area contributed by atoms with E-state index < -0.39 is 11.9 Å². The second-order valence-electron chi connectivity index (χ2n) is 4.13. The first-order valence-electron chi connectivity index (χ1n) is 5.69. The minimum atomic E-state index is -1.00. The third-order valence-electron chi connectivity index (χ3n) is 2.63. The molecule has 2 aromatic rings. The Balaban J connectivity index is 2.45. The van der Waals surface area contributed by atoms with E-state index in [9.17, 15) is 9.50 Å². The molecule has 2 nitrogen and oxygen atoms in total. The number of hydrogen-bond acceptors (Lipinski definition) is 2. The summed E-state index contributed by atoms with van der Waals surface area (Å²) in [6.45, 7) is 1.46. The molecule has 0 aliphatic carbocycles. The minimum absolute atomic E-state index is 0.0719. The molecule has 0 radical (unpaired) electrons. The number of hydrogen-bond donors (Lipinski definition) is 1. The van der Waals surface area contributed by atoms with E-state index in [-0.39, 0.29) is 17.1 Å². The summed E-state index contributed by atoms with van der Waals surface area (Å²) in [6.07, 6.45) is -1.00. The van der Waals surface area contributed by atoms with Gasteiger partial charge in [-0.2, -0.15) is 0 Å². The largest absolute Gasteiger partial charge is 0.455 e. The maximum absolute atomic E-state index is 13.7. The molecule has 2 rings (SSSR count). The minimum Gasteiger partial charge on any atom is -0.455 e. The average Bonchev–Trinajstić information content (AvgIpc) is 2.35. The van der Waals surface area contributed by atoms with Gasteiger partial charge in [0.1, 0.15) is 17.3 Å². The summed E-state index contributed by atoms with van der Waals surface area (Å²) in [5, 5.41) is 10.4. The topological polar surface area (TPSA) is 29.5 Å². The van der Waals surface area contributed by atoms with Crippen molar-refractivity contribution in [1.29, 1.82) is 0 Å². The summed E-state index contributed by atoms with van der Waals surface area (Å²) in [6, 6.07) is 7.40. The molecule has 20 heavy (non-hydrogen) atoms. The quantitative estimate of drug-likeness (QED) is 0.689. The zero-order chi connectivity index (χ0) is 14.9. The Kier molecular flexibility index (Phi) is 4.91. The van der Waals surface area contributed by atoms with Crippen molar-refractivity contribution in [3.8, 4) is 11.5 Å². The molecule has 0 unspecified atom stereocenters. The van der Waals surface area contributed by atoms with Gasteiger partial charge in [-0.25, -0.2) is 4.39 Å². The first-order valence-corrected chi connectivity index (χ1v) is 7.24. The van der Waals surface area contributed by atoms with Gasteiger partial charge in [0.05, 0.1) is 21.7 Å². The van der Waals surface area contributed by atoms with Gasteiger partial charge in [0.2, 0.25) is 0 Å². The normalized spacial score (nSPS) is 12.3. The molecule has 0 fully saturated rings. The Bertz CT molecular complexity index is 647. The highest BCUT2D eigenvalue weighted by Gasteiger charge is 2.17. The maximum Gasteiger partial charge on any atom is 0.147 e. The van der Waals surface area contributed by atoms with Crippen molar-refractivity contribution >= 4 is 39.1 Å². The lowest BCUT2D eigenvalue weighted by molar-refractivity contribution is 0.190. The molecule has 1 N–H and O–H groups in total. The molecule has 2 aromatic carbocycles. The van der Waals surface area contributed by atoms with E-state index in [1.54, 1.807) is 12.1 Å². The van der Waals surface area contributed by atoms with Crippen LogP contribution in [0.5, 0.6) is 11.5 Å². The van der Waals surface area contributed by atoms with Crippen LogP contribution in [0.1, 0.15) is 18.6 Å². The molecule has 0 saturated carbocycles. The number of benzene rings is 2. The van der Waals surface area contributed by atoms with E-state index in [2.05, 4.69) is 15.9 Å². The van der Waals surface area contributed by atoms with Gasteiger partial charge in [-0.3, -0.25) is 0 Å². The zero-order valence-electron chi connectivity index (χ0n) is 10.3. The van der Waals surface area contributed by atoms with Crippen molar-refractivity contribution in [2.24, 2.45) is 0 Å². The van der Waals surface area contributed by atoms with Gasteiger partial charge in [-0.1, -0.05) is 29.3 Å². The molecular formula is C14H10BrCl2FO2. The van der Waals surface area contributed by atoms with Crippen molar-refractivity contribution in [2.45, 2.75) is 13.0 Å². The Morgan fingerprint density at radius 3 is 2.55 bits per heavy atom. The molecule has 0 spiro atoms. The highest BCUT2D eigenvalue weighted by atomic mass is 79.9. The van der Waals surface area contributed by atoms with Crippen LogP contribution in [0.15, 0.2) is 34.8 Å². The molecule has 0 bridgehead atoms. The first kappa shape index (κ1) is 15.6. The molecule has 0 aliphatic heterocycles. The van der Waals surface area contributed by atoms with Gasteiger partial charge in [0.25, 0.3) is 0 Å². The Labute approximate surface area is 134 Å². The fraction of sp³-hybridized carbons (Fsp3) is 0.143. The standard InChI is InChI=1S/C14H10BrCl2FO2/c1-7(19)14-11(18)3-2-4-12(14)20-13-6-9(16)8(15)5-10(13)17/h2-7,19H,1H3/t7-/m1/s1. The van der Waals surface area contributed by atoms with Gasteiger partial charge >= 0.3 is 0 Å². The zero-order valence-corrected chi connectivity index (χ0v) is 13.4. The van der Waals surface area contributed by atoms with Crippen molar-refractivity contribution in [3.05, 3.63) is 56.2 Å². The summed E-state index contributed by atoms with van der Waals surface area (Å²) in [4.78, 5) is 0. The lowest BCUT2D eigenvalue weighted by atomic mass is 10.1. The lowest BCUT2D eigenvalue weighted by Gasteiger charge is -2.15. The summed E-state index contributed by atoms with van der Waals surface area (Å²) in [5.74, 6) is -0.0653. The van der Waals surface area contributed by atoms with Gasteiger partial charge in [-0.15, -0.1) is 0 Å².